The molecule has 0 radical (unpaired) electrons. The molecule has 1 saturated heterocycles. The van der Waals surface area contributed by atoms with E-state index in [1.807, 2.05) is 18.2 Å². The van der Waals surface area contributed by atoms with Crippen LogP contribution in [0.1, 0.15) is 18.7 Å². The van der Waals surface area contributed by atoms with Gasteiger partial charge in [-0.05, 0) is 31.0 Å². The average Bonchev–Trinajstić information content (AvgIpc) is 3.19. The summed E-state index contributed by atoms with van der Waals surface area (Å²) in [4.78, 5) is 11.2. The molecule has 2 aromatic heterocycles. The van der Waals surface area contributed by atoms with Gasteiger partial charge in [-0.3, -0.25) is 5.10 Å². The highest BCUT2D eigenvalue weighted by Crippen LogP contribution is 2.32. The molecule has 4 N–H and O–H groups in total. The molecule has 1 fully saturated rings. The van der Waals surface area contributed by atoms with Crippen molar-refractivity contribution in [2.75, 3.05) is 23.7 Å². The summed E-state index contributed by atoms with van der Waals surface area (Å²) in [5.74, 6) is 1.07. The van der Waals surface area contributed by atoms with Gasteiger partial charge in [-0.2, -0.15) is 4.98 Å². The molecular formula is C15H18ClN7S. The van der Waals surface area contributed by atoms with E-state index in [1.165, 1.54) is 0 Å². The number of halogens is 1. The Balaban J connectivity index is 1.34. The number of nitrogens with two attached hydrogens (primary N) is 1. The van der Waals surface area contributed by atoms with Crippen LogP contribution in [-0.2, 0) is 6.54 Å². The molecule has 0 spiro atoms. The molecule has 0 saturated carbocycles. The van der Waals surface area contributed by atoms with Gasteiger partial charge in [0.15, 0.2) is 5.13 Å². The van der Waals surface area contributed by atoms with Crippen LogP contribution in [0.3, 0.4) is 0 Å². The van der Waals surface area contributed by atoms with Crippen molar-refractivity contribution < 1.29 is 0 Å². The van der Waals surface area contributed by atoms with Crippen LogP contribution in [0.5, 0.6) is 0 Å². The van der Waals surface area contributed by atoms with E-state index < -0.39 is 0 Å². The number of aromatic amines is 1. The number of anilines is 2. The second-order valence-corrected chi connectivity index (χ2v) is 7.34. The van der Waals surface area contributed by atoms with Gasteiger partial charge in [-0.25, -0.2) is 4.98 Å². The van der Waals surface area contributed by atoms with E-state index in [1.54, 1.807) is 11.3 Å². The number of nitrogen functional groups attached to an aromatic ring is 1. The molecule has 126 valence electrons. The monoisotopic (exact) mass is 363 g/mol. The van der Waals surface area contributed by atoms with Crippen molar-refractivity contribution in [2.24, 2.45) is 0 Å². The molecule has 0 amide bonds. The molecular weight excluding hydrogens is 346 g/mol. The van der Waals surface area contributed by atoms with Crippen LogP contribution in [-0.4, -0.2) is 39.3 Å². The minimum atomic E-state index is 0.289. The molecule has 1 aliphatic heterocycles. The zero-order valence-electron chi connectivity index (χ0n) is 13.0. The third kappa shape index (κ3) is 3.31. The number of thiazole rings is 1. The second-order valence-electron chi connectivity index (χ2n) is 5.89. The minimum absolute atomic E-state index is 0.289. The standard InChI is InChI=1S/C15H18ClN7S/c16-9-1-2-11-12(7-9)24-15(19-11)23-5-3-10(4-6-23)18-8-13-20-14(17)22-21-13/h1-2,7,10,18H,3-6,8H2,(H3,17,20,21,22). The van der Waals surface area contributed by atoms with Gasteiger partial charge in [0, 0.05) is 24.2 Å². The zero-order chi connectivity index (χ0) is 16.5. The fraction of sp³-hybridized carbons (Fsp3) is 0.400. The Morgan fingerprint density at radius 2 is 2.17 bits per heavy atom. The van der Waals surface area contributed by atoms with Crippen molar-refractivity contribution in [2.45, 2.75) is 25.4 Å². The highest BCUT2D eigenvalue weighted by atomic mass is 35.5. The number of rotatable bonds is 4. The Hall–Kier alpha value is -1.90. The summed E-state index contributed by atoms with van der Waals surface area (Å²) >= 11 is 7.76. The van der Waals surface area contributed by atoms with Crippen LogP contribution in [0.25, 0.3) is 10.2 Å². The SMILES string of the molecule is Nc1n[nH]c(CNC2CCN(c3nc4ccc(Cl)cc4s3)CC2)n1. The van der Waals surface area contributed by atoms with Gasteiger partial charge >= 0.3 is 0 Å². The lowest BCUT2D eigenvalue weighted by molar-refractivity contribution is 0.410. The lowest BCUT2D eigenvalue weighted by Crippen LogP contribution is -2.42. The number of fused-ring (bicyclic) bond motifs is 1. The third-order valence-electron chi connectivity index (χ3n) is 4.21. The topological polar surface area (TPSA) is 95.7 Å². The number of hydrogen-bond donors (Lipinski definition) is 3. The molecule has 0 unspecified atom stereocenters. The predicted molar refractivity (Wildman–Crippen MR) is 97.5 cm³/mol. The molecule has 9 heteroatoms. The van der Waals surface area contributed by atoms with Gasteiger partial charge < -0.3 is 16.0 Å². The van der Waals surface area contributed by atoms with Gasteiger partial charge in [0.05, 0.1) is 16.8 Å². The number of benzene rings is 1. The molecule has 0 atom stereocenters. The quantitative estimate of drug-likeness (QED) is 0.658. The maximum Gasteiger partial charge on any atom is 0.239 e. The van der Waals surface area contributed by atoms with Crippen molar-refractivity contribution in [3.8, 4) is 0 Å². The summed E-state index contributed by atoms with van der Waals surface area (Å²) in [6, 6.07) is 6.32. The Morgan fingerprint density at radius 1 is 1.33 bits per heavy atom. The lowest BCUT2D eigenvalue weighted by Gasteiger charge is -2.32. The van der Waals surface area contributed by atoms with E-state index >= 15 is 0 Å². The number of hydrogen-bond acceptors (Lipinski definition) is 7. The number of H-pyrrole nitrogens is 1. The molecule has 3 aromatic rings. The maximum absolute atomic E-state index is 6.06. The van der Waals surface area contributed by atoms with Crippen LogP contribution >= 0.6 is 22.9 Å². The number of aromatic nitrogens is 4. The molecule has 0 aliphatic carbocycles. The minimum Gasteiger partial charge on any atom is -0.367 e. The van der Waals surface area contributed by atoms with Gasteiger partial charge in [0.2, 0.25) is 5.95 Å². The summed E-state index contributed by atoms with van der Waals surface area (Å²) in [6.45, 7) is 2.64. The van der Waals surface area contributed by atoms with Crippen LogP contribution in [0.2, 0.25) is 5.02 Å². The summed E-state index contributed by atoms with van der Waals surface area (Å²) in [5.41, 5.74) is 6.53. The van der Waals surface area contributed by atoms with E-state index in [0.29, 0.717) is 12.6 Å². The number of piperidine rings is 1. The maximum atomic E-state index is 6.06. The summed E-state index contributed by atoms with van der Waals surface area (Å²) in [7, 11) is 0. The molecule has 3 heterocycles. The van der Waals surface area contributed by atoms with Crippen molar-refractivity contribution in [1.29, 1.82) is 0 Å². The Morgan fingerprint density at radius 3 is 2.92 bits per heavy atom. The van der Waals surface area contributed by atoms with E-state index in [4.69, 9.17) is 22.3 Å². The number of nitrogens with one attached hydrogen (secondary N) is 2. The summed E-state index contributed by atoms with van der Waals surface area (Å²) in [6.07, 6.45) is 2.14. The molecule has 24 heavy (non-hydrogen) atoms. The van der Waals surface area contributed by atoms with Crippen LogP contribution < -0.4 is 16.0 Å². The normalized spacial score (nSPS) is 16.1. The van der Waals surface area contributed by atoms with Gasteiger partial charge in [0.25, 0.3) is 0 Å². The zero-order valence-corrected chi connectivity index (χ0v) is 14.6. The van der Waals surface area contributed by atoms with Crippen molar-refractivity contribution in [1.82, 2.24) is 25.5 Å². The third-order valence-corrected chi connectivity index (χ3v) is 5.53. The van der Waals surface area contributed by atoms with Crippen molar-refractivity contribution in [3.63, 3.8) is 0 Å². The number of nitrogens with zero attached hydrogens (tertiary/aromatic N) is 4. The van der Waals surface area contributed by atoms with Gasteiger partial charge in [-0.15, -0.1) is 5.10 Å². The highest BCUT2D eigenvalue weighted by Gasteiger charge is 2.21. The summed E-state index contributed by atoms with van der Waals surface area (Å²) in [5, 5.41) is 12.0. The fourth-order valence-corrected chi connectivity index (χ4v) is 4.22. The fourth-order valence-electron chi connectivity index (χ4n) is 2.93. The molecule has 4 rings (SSSR count). The van der Waals surface area contributed by atoms with Crippen molar-refractivity contribution in [3.05, 3.63) is 29.0 Å². The predicted octanol–water partition coefficient (Wildman–Crippen LogP) is 2.41. The summed E-state index contributed by atoms with van der Waals surface area (Å²) < 4.78 is 1.14. The first-order valence-electron chi connectivity index (χ1n) is 7.88. The Bertz CT molecular complexity index is 837. The largest absolute Gasteiger partial charge is 0.367 e. The first-order chi connectivity index (χ1) is 11.7. The average molecular weight is 364 g/mol. The van der Waals surface area contributed by atoms with E-state index in [-0.39, 0.29) is 5.95 Å². The molecule has 1 aliphatic rings. The Kier molecular flexibility index (Phi) is 4.26. The van der Waals surface area contributed by atoms with E-state index in [0.717, 1.165) is 52.1 Å². The van der Waals surface area contributed by atoms with Crippen LogP contribution in [0.15, 0.2) is 18.2 Å². The smallest absolute Gasteiger partial charge is 0.239 e. The van der Waals surface area contributed by atoms with Gasteiger partial charge in [0.1, 0.15) is 5.82 Å². The van der Waals surface area contributed by atoms with Crippen LogP contribution in [0, 0.1) is 0 Å². The molecule has 0 bridgehead atoms. The second kappa shape index (κ2) is 6.54. The molecule has 1 aromatic carbocycles. The lowest BCUT2D eigenvalue weighted by atomic mass is 10.1. The van der Waals surface area contributed by atoms with Crippen LogP contribution in [0.4, 0.5) is 11.1 Å². The Labute approximate surface area is 148 Å². The first-order valence-corrected chi connectivity index (χ1v) is 9.08. The highest BCUT2D eigenvalue weighted by molar-refractivity contribution is 7.22. The van der Waals surface area contributed by atoms with E-state index in [2.05, 4.69) is 25.4 Å². The first kappa shape index (κ1) is 15.6. The van der Waals surface area contributed by atoms with Crippen molar-refractivity contribution >= 4 is 44.2 Å². The van der Waals surface area contributed by atoms with E-state index in [9.17, 15) is 0 Å². The van der Waals surface area contributed by atoms with Gasteiger partial charge in [-0.1, -0.05) is 22.9 Å². The molecule has 7 nitrogen and oxygen atoms in total.